The third kappa shape index (κ3) is 4.27. The molecule has 2 heterocycles. The fourth-order valence-corrected chi connectivity index (χ4v) is 3.82. The Morgan fingerprint density at radius 1 is 1.32 bits per heavy atom. The molecule has 0 aromatic rings. The van der Waals surface area contributed by atoms with Crippen LogP contribution in [0.25, 0.3) is 0 Å². The molecule has 0 aliphatic carbocycles. The highest BCUT2D eigenvalue weighted by Gasteiger charge is 2.39. The van der Waals surface area contributed by atoms with Gasteiger partial charge >= 0.3 is 6.09 Å². The van der Waals surface area contributed by atoms with Crippen LogP contribution in [0, 0.1) is 5.92 Å². The molecule has 2 aliphatic rings. The zero-order chi connectivity index (χ0) is 16.3. The molecule has 2 rings (SSSR count). The Morgan fingerprint density at radius 3 is 2.55 bits per heavy atom. The normalized spacial score (nSPS) is 25.2. The van der Waals surface area contributed by atoms with E-state index in [4.69, 9.17) is 4.74 Å². The third-order valence-electron chi connectivity index (χ3n) is 5.02. The molecule has 1 saturated heterocycles. The second-order valence-corrected chi connectivity index (χ2v) is 7.96. The first-order valence-electron chi connectivity index (χ1n) is 9.05. The first-order chi connectivity index (χ1) is 10.3. The largest absolute Gasteiger partial charge is 0.444 e. The van der Waals surface area contributed by atoms with Gasteiger partial charge in [-0.25, -0.2) is 4.79 Å². The molecule has 0 N–H and O–H groups in total. The van der Waals surface area contributed by atoms with E-state index < -0.39 is 5.60 Å². The summed E-state index contributed by atoms with van der Waals surface area (Å²) in [5, 5.41) is 0. The summed E-state index contributed by atoms with van der Waals surface area (Å²) in [6.07, 6.45) is 10.4. The first kappa shape index (κ1) is 17.4. The molecule has 3 nitrogen and oxygen atoms in total. The number of amides is 1. The highest BCUT2D eigenvalue weighted by atomic mass is 16.6. The van der Waals surface area contributed by atoms with Crippen LogP contribution in [-0.4, -0.2) is 28.7 Å². The monoisotopic (exact) mass is 307 g/mol. The van der Waals surface area contributed by atoms with E-state index in [9.17, 15) is 4.79 Å². The van der Waals surface area contributed by atoms with Crippen molar-refractivity contribution in [3.8, 4) is 0 Å². The van der Waals surface area contributed by atoms with Crippen molar-refractivity contribution in [2.24, 2.45) is 5.92 Å². The number of hydrogen-bond donors (Lipinski definition) is 0. The van der Waals surface area contributed by atoms with E-state index in [0.717, 1.165) is 25.2 Å². The van der Waals surface area contributed by atoms with Crippen LogP contribution in [0.3, 0.4) is 0 Å². The van der Waals surface area contributed by atoms with Gasteiger partial charge in [0.15, 0.2) is 0 Å². The summed E-state index contributed by atoms with van der Waals surface area (Å²) in [4.78, 5) is 14.6. The number of rotatable bonds is 4. The average Bonchev–Trinajstić information content (AvgIpc) is 2.41. The van der Waals surface area contributed by atoms with Crippen LogP contribution in [0.5, 0.6) is 0 Å². The summed E-state index contributed by atoms with van der Waals surface area (Å²) >= 11 is 0. The Morgan fingerprint density at radius 2 is 2.00 bits per heavy atom. The lowest BCUT2D eigenvalue weighted by molar-refractivity contribution is -0.00170. The van der Waals surface area contributed by atoms with Gasteiger partial charge in [0.05, 0.1) is 6.04 Å². The van der Waals surface area contributed by atoms with Gasteiger partial charge in [0.25, 0.3) is 0 Å². The number of hydrogen-bond acceptors (Lipinski definition) is 2. The van der Waals surface area contributed by atoms with E-state index in [1.165, 1.54) is 25.7 Å². The van der Waals surface area contributed by atoms with Crippen molar-refractivity contribution >= 4 is 6.09 Å². The highest BCUT2D eigenvalue weighted by molar-refractivity contribution is 5.70. The summed E-state index contributed by atoms with van der Waals surface area (Å²) in [5.41, 5.74) is 1.16. The number of ether oxygens (including phenoxy) is 1. The van der Waals surface area contributed by atoms with Gasteiger partial charge < -0.3 is 4.74 Å². The van der Waals surface area contributed by atoms with Gasteiger partial charge in [-0.2, -0.15) is 0 Å². The van der Waals surface area contributed by atoms with Gasteiger partial charge in [0.2, 0.25) is 0 Å². The standard InChI is InChI=1S/C19H33NO2/c1-6-14(7-2)11-15-12-16-9-8-10-17(13-15)20(16)18(21)22-19(3,4)5/h12,14,16-17H,6-11,13H2,1-5H3. The van der Waals surface area contributed by atoms with Crippen molar-refractivity contribution < 1.29 is 9.53 Å². The molecular weight excluding hydrogens is 274 g/mol. The summed E-state index contributed by atoms with van der Waals surface area (Å²) in [6, 6.07) is 0.606. The van der Waals surface area contributed by atoms with Crippen molar-refractivity contribution in [2.75, 3.05) is 0 Å². The van der Waals surface area contributed by atoms with Crippen LogP contribution >= 0.6 is 0 Å². The lowest BCUT2D eigenvalue weighted by Crippen LogP contribution is -2.53. The van der Waals surface area contributed by atoms with E-state index in [2.05, 4.69) is 19.9 Å². The van der Waals surface area contributed by atoms with Gasteiger partial charge in [0, 0.05) is 6.04 Å². The molecule has 2 unspecified atom stereocenters. The molecule has 0 aromatic heterocycles. The van der Waals surface area contributed by atoms with Crippen molar-refractivity contribution in [3.63, 3.8) is 0 Å². The Bertz CT molecular complexity index is 418. The highest BCUT2D eigenvalue weighted by Crippen LogP contribution is 2.37. The molecule has 0 saturated carbocycles. The van der Waals surface area contributed by atoms with Crippen LogP contribution in [-0.2, 0) is 4.74 Å². The Hall–Kier alpha value is -0.990. The predicted molar refractivity (Wildman–Crippen MR) is 90.9 cm³/mol. The van der Waals surface area contributed by atoms with Gasteiger partial charge in [0.1, 0.15) is 5.60 Å². The molecule has 2 bridgehead atoms. The topological polar surface area (TPSA) is 29.5 Å². The van der Waals surface area contributed by atoms with Crippen LogP contribution in [0.4, 0.5) is 4.79 Å². The maximum absolute atomic E-state index is 12.5. The summed E-state index contributed by atoms with van der Waals surface area (Å²) in [7, 11) is 0. The maximum atomic E-state index is 12.5. The zero-order valence-corrected chi connectivity index (χ0v) is 15.0. The maximum Gasteiger partial charge on any atom is 0.411 e. The quantitative estimate of drug-likeness (QED) is 0.659. The summed E-state index contributed by atoms with van der Waals surface area (Å²) in [6.45, 7) is 10.4. The first-order valence-corrected chi connectivity index (χ1v) is 9.05. The molecule has 3 heteroatoms. The fourth-order valence-electron chi connectivity index (χ4n) is 3.82. The van der Waals surface area contributed by atoms with E-state index in [-0.39, 0.29) is 12.1 Å². The number of carbonyl (C=O) groups excluding carboxylic acids is 1. The van der Waals surface area contributed by atoms with Gasteiger partial charge in [-0.15, -0.1) is 0 Å². The fraction of sp³-hybridized carbons (Fsp3) is 0.842. The molecule has 0 radical (unpaired) electrons. The Kier molecular flexibility index (Phi) is 5.57. The Labute approximate surface area is 136 Å². The van der Waals surface area contributed by atoms with Crippen molar-refractivity contribution in [3.05, 3.63) is 11.6 Å². The molecule has 1 amide bonds. The van der Waals surface area contributed by atoms with E-state index in [0.29, 0.717) is 6.04 Å². The summed E-state index contributed by atoms with van der Waals surface area (Å²) in [5.74, 6) is 0.792. The molecule has 2 atom stereocenters. The zero-order valence-electron chi connectivity index (χ0n) is 15.0. The second kappa shape index (κ2) is 7.06. The van der Waals surface area contributed by atoms with Crippen LogP contribution < -0.4 is 0 Å². The Balaban J connectivity index is 2.09. The van der Waals surface area contributed by atoms with Gasteiger partial charge in [-0.1, -0.05) is 38.3 Å². The lowest BCUT2D eigenvalue weighted by atomic mass is 9.81. The minimum absolute atomic E-state index is 0.125. The number of fused-ring (bicyclic) bond motifs is 2. The molecule has 22 heavy (non-hydrogen) atoms. The SMILES string of the molecule is CCC(CC)CC1=CC2CCCC(C1)N2C(=O)OC(C)(C)C. The number of piperidine rings is 1. The minimum Gasteiger partial charge on any atom is -0.444 e. The van der Waals surface area contributed by atoms with Crippen molar-refractivity contribution in [2.45, 2.75) is 97.2 Å². The van der Waals surface area contributed by atoms with Crippen LogP contribution in [0.1, 0.15) is 79.6 Å². The van der Waals surface area contributed by atoms with E-state index in [1.54, 1.807) is 5.57 Å². The van der Waals surface area contributed by atoms with Gasteiger partial charge in [-0.3, -0.25) is 4.90 Å². The molecule has 0 spiro atoms. The minimum atomic E-state index is -0.412. The molecule has 1 fully saturated rings. The van der Waals surface area contributed by atoms with Crippen LogP contribution in [0.2, 0.25) is 0 Å². The smallest absolute Gasteiger partial charge is 0.411 e. The molecular formula is C19H33NO2. The van der Waals surface area contributed by atoms with Gasteiger partial charge in [-0.05, 0) is 58.8 Å². The van der Waals surface area contributed by atoms with Crippen LogP contribution in [0.15, 0.2) is 11.6 Å². The lowest BCUT2D eigenvalue weighted by Gasteiger charge is -2.45. The van der Waals surface area contributed by atoms with E-state index in [1.807, 2.05) is 25.7 Å². The van der Waals surface area contributed by atoms with Crippen molar-refractivity contribution in [1.29, 1.82) is 0 Å². The number of carbonyl (C=O) groups is 1. The second-order valence-electron chi connectivity index (χ2n) is 7.96. The molecule has 2 aliphatic heterocycles. The molecule has 126 valence electrons. The van der Waals surface area contributed by atoms with Crippen molar-refractivity contribution in [1.82, 2.24) is 4.90 Å². The predicted octanol–water partition coefficient (Wildman–Crippen LogP) is 5.30. The van der Waals surface area contributed by atoms with E-state index >= 15 is 0 Å². The molecule has 0 aromatic carbocycles. The summed E-state index contributed by atoms with van der Waals surface area (Å²) < 4.78 is 5.63. The number of nitrogens with zero attached hydrogens (tertiary/aromatic N) is 1. The average molecular weight is 307 g/mol. The third-order valence-corrected chi connectivity index (χ3v) is 5.02.